The van der Waals surface area contributed by atoms with Gasteiger partial charge in [0.05, 0.1) is 23.7 Å². The van der Waals surface area contributed by atoms with Crippen molar-refractivity contribution in [3.05, 3.63) is 0 Å². The number of rotatable bonds is 0. The summed E-state index contributed by atoms with van der Waals surface area (Å²) in [5.74, 6) is 0. The fourth-order valence-electron chi connectivity index (χ4n) is 0. The average molecular weight is 247 g/mol. The first-order valence-electron chi connectivity index (χ1n) is 0.975. The van der Waals surface area contributed by atoms with E-state index in [0.717, 1.165) is 0 Å². The van der Waals surface area contributed by atoms with Gasteiger partial charge >= 0.3 is 17.1 Å². The quantitative estimate of drug-likeness (QED) is 0.340. The summed E-state index contributed by atoms with van der Waals surface area (Å²) in [4.78, 5) is 0. The minimum absolute atomic E-state index is 0. The molecule has 0 saturated carbocycles. The molecule has 5 nitrogen and oxygen atoms in total. The zero-order valence-electron chi connectivity index (χ0n) is 3.51. The molecule has 0 atom stereocenters. The van der Waals surface area contributed by atoms with Crippen LogP contribution in [0.1, 0.15) is 0 Å². The molecule has 0 aromatic carbocycles. The van der Waals surface area contributed by atoms with E-state index in [4.69, 9.17) is 17.5 Å². The Labute approximate surface area is 72.7 Å². The van der Waals surface area contributed by atoms with Crippen molar-refractivity contribution in [2.24, 2.45) is 0 Å². The first kappa shape index (κ1) is 16.5. The first-order chi connectivity index (χ1) is 3.41. The summed E-state index contributed by atoms with van der Waals surface area (Å²) in [7, 11) is -5.17. The Kier molecular flexibility index (Phi) is 16.4. The average Bonchev–Trinajstić information content (AvgIpc) is 1.27. The summed E-state index contributed by atoms with van der Waals surface area (Å²) < 4.78 is 37.3. The second-order valence-corrected chi connectivity index (χ2v) is 1.75. The molecule has 0 aliphatic carbocycles. The van der Waals surface area contributed by atoms with Crippen LogP contribution in [0.4, 0.5) is 0 Å². The SMILES string of the molecule is ClOCl.O=S(=O)([O-])[O-].[Cu+2]. The van der Waals surface area contributed by atoms with Crippen molar-refractivity contribution in [1.29, 1.82) is 0 Å². The van der Waals surface area contributed by atoms with Crippen LogP contribution in [-0.4, -0.2) is 17.5 Å². The Morgan fingerprint density at radius 3 is 1.22 bits per heavy atom. The van der Waals surface area contributed by atoms with Crippen molar-refractivity contribution in [2.45, 2.75) is 0 Å². The van der Waals surface area contributed by atoms with Crippen molar-refractivity contribution in [3.8, 4) is 0 Å². The van der Waals surface area contributed by atoms with Crippen LogP contribution in [0.2, 0.25) is 0 Å². The van der Waals surface area contributed by atoms with Crippen molar-refractivity contribution < 1.29 is 38.4 Å². The molecule has 0 aliphatic heterocycles. The third-order valence-electron chi connectivity index (χ3n) is 0. The second kappa shape index (κ2) is 8.93. The van der Waals surface area contributed by atoms with E-state index in [2.05, 4.69) is 27.6 Å². The van der Waals surface area contributed by atoms with Gasteiger partial charge in [-0.2, -0.15) is 3.84 Å². The third kappa shape index (κ3) is 496. The predicted octanol–water partition coefficient (Wildman–Crippen LogP) is -0.0299. The Bertz CT molecular complexity index is 109. The normalized spacial score (nSPS) is 8.44. The molecule has 0 unspecified atom stereocenters. The molecule has 0 heterocycles. The van der Waals surface area contributed by atoms with E-state index in [1.165, 1.54) is 0 Å². The Balaban J connectivity index is -0.0000000800. The number of hydrogen-bond acceptors (Lipinski definition) is 5. The molecule has 9 heavy (non-hydrogen) atoms. The van der Waals surface area contributed by atoms with Crippen LogP contribution < -0.4 is 0 Å². The van der Waals surface area contributed by atoms with Crippen LogP contribution in [0.5, 0.6) is 0 Å². The van der Waals surface area contributed by atoms with E-state index in [1.54, 1.807) is 0 Å². The second-order valence-electron chi connectivity index (χ2n) is 0.467. The van der Waals surface area contributed by atoms with E-state index >= 15 is 0 Å². The molecule has 9 heteroatoms. The third-order valence-corrected chi connectivity index (χ3v) is 0. The van der Waals surface area contributed by atoms with E-state index < -0.39 is 10.4 Å². The standard InChI is InChI=1S/Cl2O.Cu.H2O4S/c1-3-2;;1-5(2,3)4/h;;(H2,1,2,3,4)/q;+2;/p-2. The Hall–Kier alpha value is 0.929. The van der Waals surface area contributed by atoms with Crippen molar-refractivity contribution in [1.82, 2.24) is 0 Å². The van der Waals surface area contributed by atoms with Crippen molar-refractivity contribution in [2.75, 3.05) is 0 Å². The summed E-state index contributed by atoms with van der Waals surface area (Å²) in [6.45, 7) is 0. The first-order valence-corrected chi connectivity index (χ1v) is 2.93. The Morgan fingerprint density at radius 2 is 1.22 bits per heavy atom. The van der Waals surface area contributed by atoms with Gasteiger partial charge in [0, 0.05) is 10.4 Å². The fraction of sp³-hybridized carbons (Fsp3) is 0. The Morgan fingerprint density at radius 1 is 1.22 bits per heavy atom. The van der Waals surface area contributed by atoms with E-state index in [1.807, 2.05) is 0 Å². The molecule has 0 aliphatic rings. The van der Waals surface area contributed by atoms with Crippen LogP contribution >= 0.6 is 23.7 Å². The van der Waals surface area contributed by atoms with Gasteiger partial charge in [-0.1, -0.05) is 0 Å². The molecule has 1 radical (unpaired) electrons. The van der Waals surface area contributed by atoms with Crippen molar-refractivity contribution >= 4 is 34.1 Å². The van der Waals surface area contributed by atoms with Gasteiger partial charge in [0.15, 0.2) is 0 Å². The largest absolute Gasteiger partial charge is 2.00 e. The van der Waals surface area contributed by atoms with Crippen LogP contribution in [0.15, 0.2) is 0 Å². The van der Waals surface area contributed by atoms with Gasteiger partial charge in [-0.25, -0.2) is 0 Å². The van der Waals surface area contributed by atoms with E-state index in [0.29, 0.717) is 0 Å². The van der Waals surface area contributed by atoms with Gasteiger partial charge in [-0.05, 0) is 0 Å². The minimum atomic E-state index is -5.17. The smallest absolute Gasteiger partial charge is 0.759 e. The van der Waals surface area contributed by atoms with Gasteiger partial charge in [0.25, 0.3) is 0 Å². The fourth-order valence-corrected chi connectivity index (χ4v) is 0. The van der Waals surface area contributed by atoms with Crippen LogP contribution in [0.3, 0.4) is 0 Å². The maximum absolute atomic E-state index is 8.52. The molecular formula is Cl2CuO5S. The van der Waals surface area contributed by atoms with Crippen LogP contribution in [0.25, 0.3) is 0 Å². The molecule has 61 valence electrons. The number of halogens is 2. The summed E-state index contributed by atoms with van der Waals surface area (Å²) in [6, 6.07) is 0. The van der Waals surface area contributed by atoms with Gasteiger partial charge in [0.2, 0.25) is 0 Å². The molecular weight excluding hydrogens is 247 g/mol. The predicted molar refractivity (Wildman–Crippen MR) is 23.3 cm³/mol. The van der Waals surface area contributed by atoms with E-state index in [9.17, 15) is 0 Å². The van der Waals surface area contributed by atoms with Gasteiger partial charge < -0.3 is 9.11 Å². The zero-order chi connectivity index (χ0) is 7.21. The van der Waals surface area contributed by atoms with Crippen LogP contribution in [0, 0.1) is 0 Å². The summed E-state index contributed by atoms with van der Waals surface area (Å²) in [5.41, 5.74) is 0. The topological polar surface area (TPSA) is 89.5 Å². The molecule has 0 amide bonds. The molecule has 0 rings (SSSR count). The maximum Gasteiger partial charge on any atom is 2.00 e. The molecule has 0 spiro atoms. The monoisotopic (exact) mass is 245 g/mol. The molecule has 0 aromatic rings. The maximum atomic E-state index is 8.52. The van der Waals surface area contributed by atoms with Crippen molar-refractivity contribution in [3.63, 3.8) is 0 Å². The van der Waals surface area contributed by atoms with Gasteiger partial charge in [-0.15, -0.1) is 0 Å². The van der Waals surface area contributed by atoms with Crippen LogP contribution in [-0.2, 0) is 31.3 Å². The summed E-state index contributed by atoms with van der Waals surface area (Å²) >= 11 is 8.53. The molecule has 0 fully saturated rings. The molecule has 0 saturated heterocycles. The molecule has 0 N–H and O–H groups in total. The van der Waals surface area contributed by atoms with Gasteiger partial charge in [0.1, 0.15) is 0 Å². The van der Waals surface area contributed by atoms with Gasteiger partial charge in [-0.3, -0.25) is 8.42 Å². The summed E-state index contributed by atoms with van der Waals surface area (Å²) in [6.07, 6.45) is 0. The minimum Gasteiger partial charge on any atom is -0.759 e. The number of hydrogen-bond donors (Lipinski definition) is 0. The summed E-state index contributed by atoms with van der Waals surface area (Å²) in [5, 5.41) is 0. The molecule has 0 aromatic heterocycles. The zero-order valence-corrected chi connectivity index (χ0v) is 6.78. The van der Waals surface area contributed by atoms with E-state index in [-0.39, 0.29) is 17.1 Å². The molecule has 0 bridgehead atoms.